The van der Waals surface area contributed by atoms with Crippen LogP contribution >= 0.6 is 0 Å². The standard InChI is InChI=1S/C30H40O7/c1-15(10-17(31)11-16(2)26(36)37)18-12-23(35)30(7)25-19(32)13-21-27(3,4)22(34)8-9-28(21,5)24(25)20(33)14-29(18,30)6/h10,16,18-19,21,32H,8-9,11-14H2,1-7H3,(H,36,37)/t16-,18-,19+,21-,28+,29-,30+/m1/s1. The van der Waals surface area contributed by atoms with E-state index in [2.05, 4.69) is 0 Å². The van der Waals surface area contributed by atoms with Crippen molar-refractivity contribution in [3.8, 4) is 0 Å². The maximum Gasteiger partial charge on any atom is 0.306 e. The highest BCUT2D eigenvalue weighted by atomic mass is 16.4. The molecule has 0 bridgehead atoms. The molecule has 0 aromatic carbocycles. The minimum absolute atomic E-state index is 0.0497. The first kappa shape index (κ1) is 27.6. The van der Waals surface area contributed by atoms with Crippen LogP contribution in [0.15, 0.2) is 22.8 Å². The summed E-state index contributed by atoms with van der Waals surface area (Å²) in [5, 5.41) is 20.7. The average Bonchev–Trinajstić information content (AvgIpc) is 2.99. The van der Waals surface area contributed by atoms with Crippen LogP contribution in [-0.2, 0) is 24.0 Å². The van der Waals surface area contributed by atoms with Crippen molar-refractivity contribution in [2.75, 3.05) is 0 Å². The molecule has 0 saturated heterocycles. The second-order valence-electron chi connectivity index (χ2n) is 13.3. The number of fused-ring (bicyclic) bond motifs is 4. The molecule has 0 unspecified atom stereocenters. The summed E-state index contributed by atoms with van der Waals surface area (Å²) in [7, 11) is 0. The molecule has 2 fully saturated rings. The van der Waals surface area contributed by atoms with E-state index in [0.29, 0.717) is 36.0 Å². The molecule has 7 heteroatoms. The molecular weight excluding hydrogens is 472 g/mol. The Morgan fingerprint density at radius 3 is 2.30 bits per heavy atom. The summed E-state index contributed by atoms with van der Waals surface area (Å²) < 4.78 is 0. The van der Waals surface area contributed by atoms with E-state index in [9.17, 15) is 29.1 Å². The lowest BCUT2D eigenvalue weighted by Crippen LogP contribution is -2.59. The summed E-state index contributed by atoms with van der Waals surface area (Å²) in [6, 6.07) is 0. The zero-order valence-electron chi connectivity index (χ0n) is 23.1. The molecule has 4 aliphatic carbocycles. The molecular formula is C30H40O7. The highest BCUT2D eigenvalue weighted by Crippen LogP contribution is 2.70. The van der Waals surface area contributed by atoms with Gasteiger partial charge in [0.1, 0.15) is 11.6 Å². The van der Waals surface area contributed by atoms with Gasteiger partial charge in [0.05, 0.1) is 17.4 Å². The molecule has 202 valence electrons. The number of aliphatic hydroxyl groups is 1. The van der Waals surface area contributed by atoms with Crippen molar-refractivity contribution < 1.29 is 34.2 Å². The fourth-order valence-corrected chi connectivity index (χ4v) is 8.51. The molecule has 7 nitrogen and oxygen atoms in total. The summed E-state index contributed by atoms with van der Waals surface area (Å²) in [5.41, 5.74) is -1.43. The quantitative estimate of drug-likeness (QED) is 0.527. The van der Waals surface area contributed by atoms with Crippen LogP contribution in [0, 0.1) is 39.4 Å². The van der Waals surface area contributed by atoms with E-state index < -0.39 is 39.7 Å². The highest BCUT2D eigenvalue weighted by molar-refractivity contribution is 6.06. The Hall–Kier alpha value is -2.41. The van der Waals surface area contributed by atoms with Gasteiger partial charge in [0.2, 0.25) is 0 Å². The van der Waals surface area contributed by atoms with Gasteiger partial charge in [0.15, 0.2) is 11.6 Å². The van der Waals surface area contributed by atoms with Gasteiger partial charge in [-0.05, 0) is 55.6 Å². The number of hydrogen-bond acceptors (Lipinski definition) is 6. The minimum Gasteiger partial charge on any atom is -0.481 e. The van der Waals surface area contributed by atoms with E-state index in [0.717, 1.165) is 0 Å². The number of aliphatic hydroxyl groups excluding tert-OH is 1. The number of aliphatic carboxylic acids is 1. The number of allylic oxidation sites excluding steroid dienone is 3. The number of carboxylic acids is 1. The van der Waals surface area contributed by atoms with Crippen LogP contribution in [-0.4, -0.2) is 45.4 Å². The molecule has 7 atom stereocenters. The third-order valence-corrected chi connectivity index (χ3v) is 10.9. The Kier molecular flexibility index (Phi) is 6.38. The maximum atomic E-state index is 14.0. The predicted molar refractivity (Wildman–Crippen MR) is 136 cm³/mol. The van der Waals surface area contributed by atoms with E-state index in [4.69, 9.17) is 5.11 Å². The lowest BCUT2D eigenvalue weighted by atomic mass is 9.42. The van der Waals surface area contributed by atoms with Crippen LogP contribution in [0.5, 0.6) is 0 Å². The van der Waals surface area contributed by atoms with E-state index in [1.54, 1.807) is 6.92 Å². The summed E-state index contributed by atoms with van der Waals surface area (Å²) in [5.74, 6) is -2.74. The zero-order chi connectivity index (χ0) is 27.9. The predicted octanol–water partition coefficient (Wildman–Crippen LogP) is 4.26. The molecule has 0 radical (unpaired) electrons. The Balaban J connectivity index is 1.81. The second kappa shape index (κ2) is 8.55. The number of ketones is 4. The molecule has 4 rings (SSSR count). The third kappa shape index (κ3) is 3.67. The summed E-state index contributed by atoms with van der Waals surface area (Å²) in [6.07, 6.45) is 1.78. The van der Waals surface area contributed by atoms with Crippen molar-refractivity contribution in [3.05, 3.63) is 22.8 Å². The van der Waals surface area contributed by atoms with Crippen LogP contribution in [0.4, 0.5) is 0 Å². The number of carbonyl (C=O) groups is 5. The summed E-state index contributed by atoms with van der Waals surface area (Å²) >= 11 is 0. The molecule has 4 aliphatic rings. The first-order valence-electron chi connectivity index (χ1n) is 13.4. The smallest absolute Gasteiger partial charge is 0.306 e. The van der Waals surface area contributed by atoms with Gasteiger partial charge in [0.25, 0.3) is 0 Å². The normalized spacial score (nSPS) is 40.2. The number of carbonyl (C=O) groups excluding carboxylic acids is 4. The lowest BCUT2D eigenvalue weighted by Gasteiger charge is -2.60. The molecule has 2 saturated carbocycles. The van der Waals surface area contributed by atoms with Crippen molar-refractivity contribution in [1.82, 2.24) is 0 Å². The molecule has 0 aromatic heterocycles. The van der Waals surface area contributed by atoms with E-state index in [1.807, 2.05) is 34.6 Å². The monoisotopic (exact) mass is 512 g/mol. The third-order valence-electron chi connectivity index (χ3n) is 10.9. The SMILES string of the molecule is CC(=CC(=O)C[C@@H](C)C(=O)O)[C@H]1CC(=O)[C@@]2(C)C3=C(C(=O)C[C@]12C)[C@@]1(C)CCC(=O)C(C)(C)[C@H]1C[C@@H]3O. The van der Waals surface area contributed by atoms with Crippen LogP contribution in [0.2, 0.25) is 0 Å². The highest BCUT2D eigenvalue weighted by Gasteiger charge is 2.70. The topological polar surface area (TPSA) is 126 Å². The first-order chi connectivity index (χ1) is 16.9. The first-order valence-corrected chi connectivity index (χ1v) is 13.4. The Morgan fingerprint density at radius 1 is 1.08 bits per heavy atom. The van der Waals surface area contributed by atoms with Crippen molar-refractivity contribution in [2.45, 2.75) is 93.1 Å². The fraction of sp³-hybridized carbons (Fsp3) is 0.700. The van der Waals surface area contributed by atoms with Gasteiger partial charge >= 0.3 is 5.97 Å². The van der Waals surface area contributed by atoms with Crippen molar-refractivity contribution in [3.63, 3.8) is 0 Å². The molecule has 0 aliphatic heterocycles. The Bertz CT molecular complexity index is 1170. The molecule has 2 N–H and O–H groups in total. The van der Waals surface area contributed by atoms with Gasteiger partial charge in [-0.25, -0.2) is 0 Å². The molecule has 0 aromatic rings. The molecule has 0 amide bonds. The lowest BCUT2D eigenvalue weighted by molar-refractivity contribution is -0.146. The van der Waals surface area contributed by atoms with Crippen LogP contribution in [0.3, 0.4) is 0 Å². The average molecular weight is 513 g/mol. The van der Waals surface area contributed by atoms with Crippen LogP contribution < -0.4 is 0 Å². The Labute approximate surface area is 218 Å². The van der Waals surface area contributed by atoms with Crippen LogP contribution in [0.25, 0.3) is 0 Å². The molecule has 0 heterocycles. The maximum absolute atomic E-state index is 14.0. The second-order valence-corrected chi connectivity index (χ2v) is 13.3. The van der Waals surface area contributed by atoms with E-state index in [1.165, 1.54) is 13.0 Å². The van der Waals surface area contributed by atoms with Crippen molar-refractivity contribution in [2.24, 2.45) is 39.4 Å². The summed E-state index contributed by atoms with van der Waals surface area (Å²) in [4.78, 5) is 64.5. The van der Waals surface area contributed by atoms with Gasteiger partial charge in [-0.3, -0.25) is 24.0 Å². The fourth-order valence-electron chi connectivity index (χ4n) is 8.51. The minimum atomic E-state index is -1.08. The van der Waals surface area contributed by atoms with Gasteiger partial charge in [-0.2, -0.15) is 0 Å². The number of hydrogen-bond donors (Lipinski definition) is 2. The van der Waals surface area contributed by atoms with E-state index >= 15 is 0 Å². The number of Topliss-reactive ketones (excluding diaryl/α,β-unsaturated/α-hetero) is 3. The van der Waals surface area contributed by atoms with Crippen molar-refractivity contribution >= 4 is 29.1 Å². The zero-order valence-corrected chi connectivity index (χ0v) is 23.1. The van der Waals surface area contributed by atoms with Crippen LogP contribution in [0.1, 0.15) is 87.0 Å². The van der Waals surface area contributed by atoms with Gasteiger partial charge < -0.3 is 10.2 Å². The van der Waals surface area contributed by atoms with Gasteiger partial charge in [-0.15, -0.1) is 0 Å². The van der Waals surface area contributed by atoms with Gasteiger partial charge in [-0.1, -0.05) is 40.2 Å². The van der Waals surface area contributed by atoms with E-state index in [-0.39, 0.29) is 54.2 Å². The van der Waals surface area contributed by atoms with Gasteiger partial charge in [0, 0.05) is 42.1 Å². The number of rotatable bonds is 5. The van der Waals surface area contributed by atoms with Crippen molar-refractivity contribution in [1.29, 1.82) is 0 Å². The largest absolute Gasteiger partial charge is 0.481 e. The molecule has 37 heavy (non-hydrogen) atoms. The summed E-state index contributed by atoms with van der Waals surface area (Å²) in [6.45, 7) is 12.9. The molecule has 0 spiro atoms. The Morgan fingerprint density at radius 2 is 1.70 bits per heavy atom. The number of carboxylic acid groups (broad SMARTS) is 1.